The van der Waals surface area contributed by atoms with E-state index >= 15 is 0 Å². The molecule has 0 saturated carbocycles. The number of halogens is 1. The van der Waals surface area contributed by atoms with Crippen LogP contribution in [0.3, 0.4) is 0 Å². The van der Waals surface area contributed by atoms with Crippen molar-refractivity contribution in [2.24, 2.45) is 0 Å². The quantitative estimate of drug-likeness (QED) is 0.910. The van der Waals surface area contributed by atoms with Crippen LogP contribution < -0.4 is 5.32 Å². The Kier molecular flexibility index (Phi) is 4.54. The maximum atomic E-state index is 3.56. The highest BCUT2D eigenvalue weighted by molar-refractivity contribution is 9.10. The number of benzene rings is 1. The minimum absolute atomic E-state index is 0.840. The van der Waals surface area contributed by atoms with E-state index in [1.165, 1.54) is 28.6 Å². The van der Waals surface area contributed by atoms with Gasteiger partial charge in [-0.1, -0.05) is 34.1 Å². The third-order valence-corrected chi connectivity index (χ3v) is 4.84. The van der Waals surface area contributed by atoms with Gasteiger partial charge in [0.1, 0.15) is 0 Å². The van der Waals surface area contributed by atoms with Crippen molar-refractivity contribution < 1.29 is 0 Å². The van der Waals surface area contributed by atoms with Crippen molar-refractivity contribution in [3.63, 3.8) is 0 Å². The molecule has 15 heavy (non-hydrogen) atoms. The minimum atomic E-state index is 0.840. The summed E-state index contributed by atoms with van der Waals surface area (Å²) in [5, 5.41) is 4.37. The zero-order valence-corrected chi connectivity index (χ0v) is 11.1. The van der Waals surface area contributed by atoms with Gasteiger partial charge in [-0.25, -0.2) is 0 Å². The van der Waals surface area contributed by atoms with E-state index in [0.717, 1.165) is 18.3 Å². The van der Waals surface area contributed by atoms with Crippen LogP contribution in [0.5, 0.6) is 0 Å². The van der Waals surface area contributed by atoms with E-state index in [4.69, 9.17) is 0 Å². The molecule has 0 amide bonds. The largest absolute Gasteiger partial charge is 0.312 e. The second kappa shape index (κ2) is 5.92. The lowest BCUT2D eigenvalue weighted by Crippen LogP contribution is -2.22. The molecule has 1 N–H and O–H groups in total. The van der Waals surface area contributed by atoms with Gasteiger partial charge >= 0.3 is 0 Å². The first-order chi connectivity index (χ1) is 7.36. The predicted octanol–water partition coefficient (Wildman–Crippen LogP) is 3.43. The average Bonchev–Trinajstić information content (AvgIpc) is 2.74. The fourth-order valence-electron chi connectivity index (χ4n) is 1.81. The molecule has 1 heterocycles. The monoisotopic (exact) mass is 285 g/mol. The average molecular weight is 286 g/mol. The van der Waals surface area contributed by atoms with Gasteiger partial charge in [0.05, 0.1) is 0 Å². The molecule has 82 valence electrons. The van der Waals surface area contributed by atoms with Gasteiger partial charge in [-0.3, -0.25) is 0 Å². The van der Waals surface area contributed by atoms with E-state index in [1.54, 1.807) is 0 Å². The lowest BCUT2D eigenvalue weighted by Gasteiger charge is -2.10. The van der Waals surface area contributed by atoms with Crippen LogP contribution in [0.4, 0.5) is 0 Å². The maximum absolute atomic E-state index is 3.56. The molecule has 0 radical (unpaired) electrons. The van der Waals surface area contributed by atoms with Gasteiger partial charge in [-0.05, 0) is 30.2 Å². The van der Waals surface area contributed by atoms with Gasteiger partial charge in [0.2, 0.25) is 0 Å². The highest BCUT2D eigenvalue weighted by atomic mass is 79.9. The van der Waals surface area contributed by atoms with Gasteiger partial charge in [-0.2, -0.15) is 11.8 Å². The number of rotatable bonds is 4. The lowest BCUT2D eigenvalue weighted by molar-refractivity contribution is 0.645. The summed E-state index contributed by atoms with van der Waals surface area (Å²) in [4.78, 5) is 0. The van der Waals surface area contributed by atoms with Crippen molar-refractivity contribution >= 4 is 27.7 Å². The second-order valence-electron chi connectivity index (χ2n) is 3.86. The van der Waals surface area contributed by atoms with E-state index in [0.29, 0.717) is 0 Å². The summed E-state index contributed by atoms with van der Waals surface area (Å²) < 4.78 is 1.21. The van der Waals surface area contributed by atoms with Crippen LogP contribution in [0.25, 0.3) is 0 Å². The van der Waals surface area contributed by atoms with Crippen molar-refractivity contribution in [3.8, 4) is 0 Å². The van der Waals surface area contributed by atoms with Crippen LogP contribution >= 0.6 is 27.7 Å². The topological polar surface area (TPSA) is 12.0 Å². The molecule has 0 aromatic heterocycles. The third kappa shape index (κ3) is 3.51. The maximum Gasteiger partial charge on any atom is 0.0220 e. The summed E-state index contributed by atoms with van der Waals surface area (Å²) >= 11 is 5.67. The van der Waals surface area contributed by atoms with Crippen LogP contribution in [0.1, 0.15) is 18.4 Å². The first-order valence-electron chi connectivity index (χ1n) is 5.42. The van der Waals surface area contributed by atoms with E-state index in [9.17, 15) is 0 Å². The van der Waals surface area contributed by atoms with E-state index in [1.807, 2.05) is 0 Å². The number of thioether (sulfide) groups is 1. The molecular formula is C12H16BrNS. The van der Waals surface area contributed by atoms with Gasteiger partial charge in [0.25, 0.3) is 0 Å². The van der Waals surface area contributed by atoms with Gasteiger partial charge in [0.15, 0.2) is 0 Å². The summed E-state index contributed by atoms with van der Waals surface area (Å²) in [6.45, 7) is 2.12. The zero-order chi connectivity index (χ0) is 10.5. The van der Waals surface area contributed by atoms with Crippen LogP contribution in [0.15, 0.2) is 28.7 Å². The molecule has 0 spiro atoms. The molecule has 0 aliphatic carbocycles. The van der Waals surface area contributed by atoms with Crippen molar-refractivity contribution in [2.75, 3.05) is 12.3 Å². The molecule has 1 saturated heterocycles. The SMILES string of the molecule is Brc1ccccc1CNCC1CCCS1. The Morgan fingerprint density at radius 2 is 2.27 bits per heavy atom. The summed E-state index contributed by atoms with van der Waals surface area (Å²) in [6.07, 6.45) is 2.78. The zero-order valence-electron chi connectivity index (χ0n) is 8.71. The minimum Gasteiger partial charge on any atom is -0.312 e. The molecule has 1 unspecified atom stereocenters. The normalized spacial score (nSPS) is 20.7. The first kappa shape index (κ1) is 11.5. The van der Waals surface area contributed by atoms with E-state index in [-0.39, 0.29) is 0 Å². The second-order valence-corrected chi connectivity index (χ2v) is 6.12. The molecule has 0 bridgehead atoms. The Bertz CT molecular complexity index is 310. The van der Waals surface area contributed by atoms with Crippen molar-refractivity contribution in [3.05, 3.63) is 34.3 Å². The smallest absolute Gasteiger partial charge is 0.0220 e. The van der Waals surface area contributed by atoms with Gasteiger partial charge in [0, 0.05) is 22.8 Å². The summed E-state index contributed by atoms with van der Waals surface area (Å²) in [5.41, 5.74) is 1.35. The van der Waals surface area contributed by atoms with Crippen molar-refractivity contribution in [1.29, 1.82) is 0 Å². The molecule has 1 atom stereocenters. The van der Waals surface area contributed by atoms with Crippen LogP contribution in [-0.2, 0) is 6.54 Å². The Morgan fingerprint density at radius 1 is 1.40 bits per heavy atom. The highest BCUT2D eigenvalue weighted by Gasteiger charge is 2.14. The van der Waals surface area contributed by atoms with Crippen molar-refractivity contribution in [2.45, 2.75) is 24.6 Å². The number of hydrogen-bond acceptors (Lipinski definition) is 2. The molecular weight excluding hydrogens is 270 g/mol. The van der Waals surface area contributed by atoms with Crippen LogP contribution in [0, 0.1) is 0 Å². The fourth-order valence-corrected chi connectivity index (χ4v) is 3.48. The Hall–Kier alpha value is 0.01000. The molecule has 1 aromatic carbocycles. The standard InChI is InChI=1S/C12H16BrNS/c13-12-6-2-1-4-10(12)8-14-9-11-5-3-7-15-11/h1-2,4,6,11,14H,3,5,7-9H2. The predicted molar refractivity (Wildman–Crippen MR) is 71.3 cm³/mol. The molecule has 3 heteroatoms. The van der Waals surface area contributed by atoms with E-state index < -0.39 is 0 Å². The molecule has 1 aromatic rings. The fraction of sp³-hybridized carbons (Fsp3) is 0.500. The summed E-state index contributed by atoms with van der Waals surface area (Å²) in [5.74, 6) is 1.35. The Balaban J connectivity index is 1.75. The molecule has 1 fully saturated rings. The van der Waals surface area contributed by atoms with Crippen LogP contribution in [0.2, 0.25) is 0 Å². The summed E-state index contributed by atoms with van der Waals surface area (Å²) in [7, 11) is 0. The number of nitrogens with one attached hydrogen (secondary N) is 1. The van der Waals surface area contributed by atoms with Gasteiger partial charge in [-0.15, -0.1) is 0 Å². The summed E-state index contributed by atoms with van der Waals surface area (Å²) in [6, 6.07) is 8.41. The van der Waals surface area contributed by atoms with E-state index in [2.05, 4.69) is 57.3 Å². The first-order valence-corrected chi connectivity index (χ1v) is 7.26. The Morgan fingerprint density at radius 3 is 3.00 bits per heavy atom. The van der Waals surface area contributed by atoms with Crippen molar-refractivity contribution in [1.82, 2.24) is 5.32 Å². The Labute approximate surface area is 104 Å². The molecule has 1 aliphatic heterocycles. The highest BCUT2D eigenvalue weighted by Crippen LogP contribution is 2.25. The third-order valence-electron chi connectivity index (χ3n) is 2.67. The molecule has 2 rings (SSSR count). The molecule has 1 aliphatic rings. The van der Waals surface area contributed by atoms with Crippen LogP contribution in [-0.4, -0.2) is 17.5 Å². The molecule has 1 nitrogen and oxygen atoms in total. The lowest BCUT2D eigenvalue weighted by atomic mass is 10.2. The van der Waals surface area contributed by atoms with Gasteiger partial charge < -0.3 is 5.32 Å². The number of hydrogen-bond donors (Lipinski definition) is 1.